The van der Waals surface area contributed by atoms with E-state index in [9.17, 15) is 27.6 Å². The van der Waals surface area contributed by atoms with Gasteiger partial charge in [0, 0.05) is 19.0 Å². The zero-order valence-electron chi connectivity index (χ0n) is 24.6. The Morgan fingerprint density at radius 1 is 1.05 bits per heavy atom. The third kappa shape index (κ3) is 6.31. The third-order valence-electron chi connectivity index (χ3n) is 8.34. The van der Waals surface area contributed by atoms with Crippen molar-refractivity contribution in [1.82, 2.24) is 9.80 Å². The molecule has 0 radical (unpaired) electrons. The average Bonchev–Trinajstić information content (AvgIpc) is 3.79. The summed E-state index contributed by atoms with van der Waals surface area (Å²) < 4.78 is 48.1. The van der Waals surface area contributed by atoms with Crippen molar-refractivity contribution in [3.05, 3.63) is 94.5 Å². The van der Waals surface area contributed by atoms with Crippen LogP contribution < -0.4 is 0 Å². The van der Waals surface area contributed by atoms with Gasteiger partial charge >= 0.3 is 12.3 Å². The molecule has 1 heterocycles. The number of hydrogen-bond acceptors (Lipinski definition) is 4. The SMILES string of the molecule is CCN(Cc1cc(C)ccc1-c1cc([C@H](C)C(=O)N2C(=O)O[C@@H](c3ccccc3)[C@H]2C)cc(C(F)(F)F)c1)C(=O)C1CC1. The molecule has 0 N–H and O–H groups in total. The molecule has 2 fully saturated rings. The first-order chi connectivity index (χ1) is 20.4. The predicted octanol–water partition coefficient (Wildman–Crippen LogP) is 7.65. The lowest BCUT2D eigenvalue weighted by Gasteiger charge is -2.25. The van der Waals surface area contributed by atoms with Crippen LogP contribution in [0, 0.1) is 12.8 Å². The highest BCUT2D eigenvalue weighted by Crippen LogP contribution is 2.39. The van der Waals surface area contributed by atoms with Crippen molar-refractivity contribution in [2.45, 2.75) is 71.3 Å². The maximum Gasteiger partial charge on any atom is 0.417 e. The van der Waals surface area contributed by atoms with Gasteiger partial charge in [0.15, 0.2) is 0 Å². The Hall–Kier alpha value is -4.14. The third-order valence-corrected chi connectivity index (χ3v) is 8.34. The number of hydrogen-bond donors (Lipinski definition) is 0. The van der Waals surface area contributed by atoms with Gasteiger partial charge in [0.2, 0.25) is 11.8 Å². The number of halogens is 3. The Kier molecular flexibility index (Phi) is 8.36. The number of nitrogens with zero attached hydrogens (tertiary/aromatic N) is 2. The zero-order valence-corrected chi connectivity index (χ0v) is 24.6. The molecule has 226 valence electrons. The lowest BCUT2D eigenvalue weighted by Crippen LogP contribution is -2.40. The number of carbonyl (C=O) groups is 3. The van der Waals surface area contributed by atoms with Crippen LogP contribution in [0.2, 0.25) is 0 Å². The monoisotopic (exact) mass is 592 g/mol. The first-order valence-electron chi connectivity index (χ1n) is 14.6. The molecular weight excluding hydrogens is 557 g/mol. The van der Waals surface area contributed by atoms with Crippen LogP contribution in [0.15, 0.2) is 66.7 Å². The van der Waals surface area contributed by atoms with E-state index in [4.69, 9.17) is 4.74 Å². The summed E-state index contributed by atoms with van der Waals surface area (Å²) >= 11 is 0. The van der Waals surface area contributed by atoms with Crippen molar-refractivity contribution in [2.75, 3.05) is 6.54 Å². The van der Waals surface area contributed by atoms with Crippen molar-refractivity contribution < 1.29 is 32.3 Å². The van der Waals surface area contributed by atoms with Gasteiger partial charge in [0.25, 0.3) is 0 Å². The van der Waals surface area contributed by atoms with E-state index in [0.29, 0.717) is 12.1 Å². The minimum Gasteiger partial charge on any atom is -0.439 e. The van der Waals surface area contributed by atoms with Gasteiger partial charge in [0.1, 0.15) is 6.10 Å². The minimum atomic E-state index is -4.67. The number of alkyl halides is 3. The number of benzene rings is 3. The topological polar surface area (TPSA) is 66.9 Å². The van der Waals surface area contributed by atoms with Gasteiger partial charge in [-0.05, 0) is 80.5 Å². The average molecular weight is 593 g/mol. The first-order valence-corrected chi connectivity index (χ1v) is 14.6. The fourth-order valence-electron chi connectivity index (χ4n) is 5.69. The Labute approximate surface area is 249 Å². The van der Waals surface area contributed by atoms with E-state index in [2.05, 4.69) is 0 Å². The van der Waals surface area contributed by atoms with Crippen LogP contribution in [-0.2, 0) is 27.0 Å². The van der Waals surface area contributed by atoms with E-state index < -0.39 is 41.8 Å². The molecule has 43 heavy (non-hydrogen) atoms. The van der Waals surface area contributed by atoms with E-state index in [-0.39, 0.29) is 29.5 Å². The van der Waals surface area contributed by atoms with Gasteiger partial charge in [-0.15, -0.1) is 0 Å². The second-order valence-electron chi connectivity index (χ2n) is 11.5. The lowest BCUT2D eigenvalue weighted by molar-refractivity contribution is -0.138. The molecule has 3 amide bonds. The molecular formula is C34H35F3N2O4. The van der Waals surface area contributed by atoms with Crippen LogP contribution in [0.1, 0.15) is 73.5 Å². The molecule has 0 spiro atoms. The highest BCUT2D eigenvalue weighted by Gasteiger charge is 2.45. The Morgan fingerprint density at radius 3 is 2.37 bits per heavy atom. The molecule has 2 aliphatic rings. The maximum atomic E-state index is 14.2. The van der Waals surface area contributed by atoms with Crippen LogP contribution in [0.3, 0.4) is 0 Å². The molecule has 3 aromatic rings. The van der Waals surface area contributed by atoms with Gasteiger partial charge in [-0.1, -0.05) is 60.2 Å². The lowest BCUT2D eigenvalue weighted by atomic mass is 9.90. The van der Waals surface area contributed by atoms with Crippen molar-refractivity contribution in [3.8, 4) is 11.1 Å². The van der Waals surface area contributed by atoms with Crippen molar-refractivity contribution >= 4 is 17.9 Å². The largest absolute Gasteiger partial charge is 0.439 e. The van der Waals surface area contributed by atoms with Crippen LogP contribution in [0.4, 0.5) is 18.0 Å². The molecule has 6 nitrogen and oxygen atoms in total. The summed E-state index contributed by atoms with van der Waals surface area (Å²) in [5.41, 5.74) is 2.44. The predicted molar refractivity (Wildman–Crippen MR) is 156 cm³/mol. The van der Waals surface area contributed by atoms with E-state index >= 15 is 0 Å². The molecule has 1 saturated carbocycles. The van der Waals surface area contributed by atoms with Gasteiger partial charge in [0.05, 0.1) is 17.5 Å². The normalized spacial score (nSPS) is 19.2. The first kappa shape index (κ1) is 30.3. The molecule has 5 rings (SSSR count). The number of carbonyl (C=O) groups excluding carboxylic acids is 3. The van der Waals surface area contributed by atoms with Gasteiger partial charge in [-0.2, -0.15) is 13.2 Å². The highest BCUT2D eigenvalue weighted by molar-refractivity contribution is 5.97. The standard InChI is InChI=1S/C34H35F3N2O4/c1-5-38(32(41)24-12-13-24)19-27-15-20(2)11-14-29(27)26-16-25(17-28(18-26)34(35,36)37)21(3)31(40)39-22(4)30(43-33(39)42)23-9-7-6-8-10-23/h6-11,14-18,21-22,24,30H,5,12-13,19H2,1-4H3/t21-,22+,30+/m0/s1. The molecule has 1 aliphatic carbocycles. The van der Waals surface area contributed by atoms with E-state index in [1.807, 2.05) is 32.0 Å². The second-order valence-corrected chi connectivity index (χ2v) is 11.5. The minimum absolute atomic E-state index is 0.0152. The van der Waals surface area contributed by atoms with Crippen molar-refractivity contribution in [3.63, 3.8) is 0 Å². The fraction of sp³-hybridized carbons (Fsp3) is 0.382. The summed E-state index contributed by atoms with van der Waals surface area (Å²) in [7, 11) is 0. The number of aryl methyl sites for hydroxylation is 1. The molecule has 3 atom stereocenters. The smallest absolute Gasteiger partial charge is 0.417 e. The van der Waals surface area contributed by atoms with E-state index in [0.717, 1.165) is 46.6 Å². The van der Waals surface area contributed by atoms with Crippen LogP contribution in [-0.4, -0.2) is 40.3 Å². The number of ether oxygens (including phenoxy) is 1. The molecule has 0 bridgehead atoms. The summed E-state index contributed by atoms with van der Waals surface area (Å²) in [6, 6.07) is 17.4. The molecule has 0 aromatic heterocycles. The van der Waals surface area contributed by atoms with Crippen LogP contribution in [0.25, 0.3) is 11.1 Å². The maximum absolute atomic E-state index is 14.2. The van der Waals surface area contributed by atoms with Gasteiger partial charge < -0.3 is 9.64 Å². The Morgan fingerprint density at radius 2 is 1.74 bits per heavy atom. The number of cyclic esters (lactones) is 1. The summed E-state index contributed by atoms with van der Waals surface area (Å²) in [6.07, 6.45) is -4.47. The van der Waals surface area contributed by atoms with Gasteiger partial charge in [-0.3, -0.25) is 9.59 Å². The Bertz CT molecular complexity index is 1530. The highest BCUT2D eigenvalue weighted by atomic mass is 19.4. The number of amides is 3. The summed E-state index contributed by atoms with van der Waals surface area (Å²) in [5, 5.41) is 0. The summed E-state index contributed by atoms with van der Waals surface area (Å²) in [6.45, 7) is 7.71. The van der Waals surface area contributed by atoms with E-state index in [1.54, 1.807) is 48.2 Å². The summed E-state index contributed by atoms with van der Waals surface area (Å²) in [4.78, 5) is 42.1. The van der Waals surface area contributed by atoms with Crippen LogP contribution >= 0.6 is 0 Å². The molecule has 1 aliphatic heterocycles. The second kappa shape index (κ2) is 11.9. The number of imide groups is 1. The number of rotatable bonds is 8. The molecule has 0 unspecified atom stereocenters. The molecule has 3 aromatic carbocycles. The van der Waals surface area contributed by atoms with Gasteiger partial charge in [-0.25, -0.2) is 9.69 Å². The summed E-state index contributed by atoms with van der Waals surface area (Å²) in [5.74, 6) is -1.64. The fourth-order valence-corrected chi connectivity index (χ4v) is 5.69. The van der Waals surface area contributed by atoms with Crippen LogP contribution in [0.5, 0.6) is 0 Å². The van der Waals surface area contributed by atoms with E-state index in [1.165, 1.54) is 6.92 Å². The Balaban J connectivity index is 1.50. The van der Waals surface area contributed by atoms with Crippen molar-refractivity contribution in [2.24, 2.45) is 5.92 Å². The zero-order chi connectivity index (χ0) is 31.1. The molecule has 9 heteroatoms. The molecule has 1 saturated heterocycles. The van der Waals surface area contributed by atoms with Crippen molar-refractivity contribution in [1.29, 1.82) is 0 Å². The quantitative estimate of drug-likeness (QED) is 0.270.